The van der Waals surface area contributed by atoms with Gasteiger partial charge in [-0.1, -0.05) is 12.1 Å². The van der Waals surface area contributed by atoms with Crippen molar-refractivity contribution in [1.29, 1.82) is 0 Å². The lowest BCUT2D eigenvalue weighted by atomic mass is 9.98. The smallest absolute Gasteiger partial charge is 0.0601 e. The van der Waals surface area contributed by atoms with Crippen molar-refractivity contribution in [3.8, 4) is 0 Å². The van der Waals surface area contributed by atoms with Gasteiger partial charge in [0.15, 0.2) is 0 Å². The van der Waals surface area contributed by atoms with E-state index >= 15 is 0 Å². The molecule has 2 nitrogen and oxygen atoms in total. The number of hydrogen-bond donors (Lipinski definition) is 2. The Morgan fingerprint density at radius 1 is 1.33 bits per heavy atom. The normalized spacial score (nSPS) is 21.3. The summed E-state index contributed by atoms with van der Waals surface area (Å²) in [5, 5.41) is 4.77. The summed E-state index contributed by atoms with van der Waals surface area (Å²) < 4.78 is 1.15. The van der Waals surface area contributed by atoms with Gasteiger partial charge in [0.2, 0.25) is 0 Å². The Kier molecular flexibility index (Phi) is 2.29. The molecule has 0 amide bonds. The number of rotatable bonds is 1. The fraction of sp³-hybridized carbons (Fsp3) is 0.333. The van der Waals surface area contributed by atoms with Crippen molar-refractivity contribution >= 4 is 26.8 Å². The molecule has 2 aromatic rings. The van der Waals surface area contributed by atoms with Crippen molar-refractivity contribution < 1.29 is 0 Å². The molecular weight excluding hydrogens is 252 g/mol. The minimum absolute atomic E-state index is 0.674. The van der Waals surface area contributed by atoms with Crippen molar-refractivity contribution in [2.75, 3.05) is 13.1 Å². The van der Waals surface area contributed by atoms with Crippen LogP contribution in [0, 0.1) is 0 Å². The van der Waals surface area contributed by atoms with Gasteiger partial charge >= 0.3 is 0 Å². The summed E-state index contributed by atoms with van der Waals surface area (Å²) in [5.74, 6) is 0.674. The highest BCUT2D eigenvalue weighted by molar-refractivity contribution is 9.10. The lowest BCUT2D eigenvalue weighted by Gasteiger charge is -2.06. The summed E-state index contributed by atoms with van der Waals surface area (Å²) in [4.78, 5) is 3.36. The topological polar surface area (TPSA) is 27.8 Å². The Balaban J connectivity index is 2.15. The molecule has 0 saturated carbocycles. The maximum absolute atomic E-state index is 3.57. The third-order valence-corrected chi connectivity index (χ3v) is 3.86. The second-order valence-corrected chi connectivity index (χ2v) is 4.95. The fourth-order valence-electron chi connectivity index (χ4n) is 2.40. The number of aromatic nitrogens is 1. The van der Waals surface area contributed by atoms with Crippen molar-refractivity contribution in [2.45, 2.75) is 12.3 Å². The second-order valence-electron chi connectivity index (χ2n) is 4.10. The lowest BCUT2D eigenvalue weighted by Crippen LogP contribution is -2.07. The summed E-state index contributed by atoms with van der Waals surface area (Å²) in [6, 6.07) is 6.38. The highest BCUT2D eigenvalue weighted by Gasteiger charge is 2.19. The van der Waals surface area contributed by atoms with E-state index in [9.17, 15) is 0 Å². The molecule has 1 fully saturated rings. The first-order valence-electron chi connectivity index (χ1n) is 5.32. The molecule has 78 valence electrons. The Bertz CT molecular complexity index is 483. The highest BCUT2D eigenvalue weighted by Crippen LogP contribution is 2.32. The van der Waals surface area contributed by atoms with Gasteiger partial charge in [0.1, 0.15) is 0 Å². The summed E-state index contributed by atoms with van der Waals surface area (Å²) in [6.07, 6.45) is 3.41. The number of para-hydroxylation sites is 1. The average molecular weight is 265 g/mol. The van der Waals surface area contributed by atoms with Gasteiger partial charge in [0.05, 0.1) is 5.52 Å². The number of H-pyrrole nitrogens is 1. The lowest BCUT2D eigenvalue weighted by molar-refractivity contribution is 0.769. The van der Waals surface area contributed by atoms with Gasteiger partial charge < -0.3 is 10.3 Å². The average Bonchev–Trinajstić information content (AvgIpc) is 2.85. The first kappa shape index (κ1) is 9.43. The van der Waals surface area contributed by atoms with Crippen LogP contribution in [0.2, 0.25) is 0 Å². The molecule has 1 aliphatic heterocycles. The minimum Gasteiger partial charge on any atom is -0.360 e. The molecule has 2 N–H and O–H groups in total. The summed E-state index contributed by atoms with van der Waals surface area (Å²) in [7, 11) is 0. The number of hydrogen-bond acceptors (Lipinski definition) is 1. The maximum atomic E-state index is 3.57. The van der Waals surface area contributed by atoms with Crippen molar-refractivity contribution in [1.82, 2.24) is 10.3 Å². The number of aromatic amines is 1. The number of nitrogens with one attached hydrogen (secondary N) is 2. The molecule has 0 spiro atoms. The van der Waals surface area contributed by atoms with Crippen LogP contribution in [0.25, 0.3) is 10.9 Å². The first-order chi connectivity index (χ1) is 7.36. The monoisotopic (exact) mass is 264 g/mol. The van der Waals surface area contributed by atoms with E-state index in [1.807, 2.05) is 0 Å². The molecular formula is C12H13BrN2. The predicted octanol–water partition coefficient (Wildman–Crippen LogP) is 3.01. The molecule has 0 bridgehead atoms. The molecule has 3 heteroatoms. The molecule has 2 heterocycles. The van der Waals surface area contributed by atoms with Crippen LogP contribution in [0.1, 0.15) is 17.9 Å². The molecule has 1 unspecified atom stereocenters. The Labute approximate surface area is 97.2 Å². The SMILES string of the molecule is Brc1cccc2c(C3CCNC3)c[nH]c12. The Morgan fingerprint density at radius 3 is 3.07 bits per heavy atom. The highest BCUT2D eigenvalue weighted by atomic mass is 79.9. The molecule has 1 atom stereocenters. The van der Waals surface area contributed by atoms with Gasteiger partial charge in [0, 0.05) is 22.6 Å². The third-order valence-electron chi connectivity index (χ3n) is 3.20. The van der Waals surface area contributed by atoms with Crippen LogP contribution in [0.15, 0.2) is 28.9 Å². The zero-order valence-corrected chi connectivity index (χ0v) is 9.97. The molecule has 0 radical (unpaired) electrons. The van der Waals surface area contributed by atoms with Gasteiger partial charge in [-0.25, -0.2) is 0 Å². The number of halogens is 1. The second kappa shape index (κ2) is 3.65. The largest absolute Gasteiger partial charge is 0.360 e. The molecule has 15 heavy (non-hydrogen) atoms. The number of benzene rings is 1. The summed E-state index contributed by atoms with van der Waals surface area (Å²) in [5.41, 5.74) is 2.68. The van der Waals surface area contributed by atoms with Crippen LogP contribution in [-0.2, 0) is 0 Å². The molecule has 1 aliphatic rings. The maximum Gasteiger partial charge on any atom is 0.0601 e. The van der Waals surface area contributed by atoms with Crippen LogP contribution < -0.4 is 5.32 Å². The third kappa shape index (κ3) is 1.50. The van der Waals surface area contributed by atoms with Gasteiger partial charge in [0.25, 0.3) is 0 Å². The van der Waals surface area contributed by atoms with Gasteiger partial charge in [-0.05, 0) is 46.4 Å². The van der Waals surface area contributed by atoms with E-state index in [-0.39, 0.29) is 0 Å². The van der Waals surface area contributed by atoms with E-state index in [0.717, 1.165) is 17.6 Å². The molecule has 3 rings (SSSR count). The molecule has 1 aromatic heterocycles. The number of fused-ring (bicyclic) bond motifs is 1. The minimum atomic E-state index is 0.674. The standard InChI is InChI=1S/C12H13BrN2/c13-11-3-1-2-9-10(7-15-12(9)11)8-4-5-14-6-8/h1-3,7-8,14-15H,4-6H2. The van der Waals surface area contributed by atoms with Gasteiger partial charge in [-0.2, -0.15) is 0 Å². The van der Waals surface area contributed by atoms with E-state index in [1.54, 1.807) is 0 Å². The first-order valence-corrected chi connectivity index (χ1v) is 6.12. The van der Waals surface area contributed by atoms with E-state index in [2.05, 4.69) is 50.6 Å². The quantitative estimate of drug-likeness (QED) is 0.815. The van der Waals surface area contributed by atoms with E-state index in [0.29, 0.717) is 5.92 Å². The molecule has 1 saturated heterocycles. The van der Waals surface area contributed by atoms with Gasteiger partial charge in [-0.15, -0.1) is 0 Å². The van der Waals surface area contributed by atoms with Crippen LogP contribution >= 0.6 is 15.9 Å². The predicted molar refractivity (Wildman–Crippen MR) is 66.2 cm³/mol. The molecule has 0 aliphatic carbocycles. The van der Waals surface area contributed by atoms with Crippen LogP contribution in [0.4, 0.5) is 0 Å². The van der Waals surface area contributed by atoms with Crippen LogP contribution in [0.5, 0.6) is 0 Å². The van der Waals surface area contributed by atoms with Crippen molar-refractivity contribution in [2.24, 2.45) is 0 Å². The van der Waals surface area contributed by atoms with Gasteiger partial charge in [-0.3, -0.25) is 0 Å². The van der Waals surface area contributed by atoms with Crippen LogP contribution in [0.3, 0.4) is 0 Å². The van der Waals surface area contributed by atoms with Crippen LogP contribution in [-0.4, -0.2) is 18.1 Å². The zero-order valence-electron chi connectivity index (χ0n) is 8.39. The molecule has 1 aromatic carbocycles. The van der Waals surface area contributed by atoms with E-state index < -0.39 is 0 Å². The summed E-state index contributed by atoms with van der Waals surface area (Å²) >= 11 is 3.57. The van der Waals surface area contributed by atoms with E-state index in [4.69, 9.17) is 0 Å². The van der Waals surface area contributed by atoms with E-state index in [1.165, 1.54) is 22.9 Å². The fourth-order valence-corrected chi connectivity index (χ4v) is 2.88. The summed E-state index contributed by atoms with van der Waals surface area (Å²) in [6.45, 7) is 2.25. The zero-order chi connectivity index (χ0) is 10.3. The van der Waals surface area contributed by atoms with Crippen molar-refractivity contribution in [3.05, 3.63) is 34.4 Å². The Morgan fingerprint density at radius 2 is 2.27 bits per heavy atom. The van der Waals surface area contributed by atoms with Crippen molar-refractivity contribution in [3.63, 3.8) is 0 Å². The Hall–Kier alpha value is -0.800.